The number of carbonyl (C=O) groups excluding carboxylic acids is 1. The van der Waals surface area contributed by atoms with Crippen LogP contribution in [0.15, 0.2) is 4.99 Å². The average molecular weight is 395 g/mol. The van der Waals surface area contributed by atoms with Gasteiger partial charge in [0.05, 0.1) is 13.1 Å². The van der Waals surface area contributed by atoms with Crippen LogP contribution in [0.2, 0.25) is 0 Å². The lowest BCUT2D eigenvalue weighted by molar-refractivity contribution is -0.122. The molecule has 0 aromatic carbocycles. The van der Waals surface area contributed by atoms with Crippen LogP contribution in [0.3, 0.4) is 0 Å². The maximum Gasteiger partial charge on any atom is 0.234 e. The lowest BCUT2D eigenvalue weighted by Gasteiger charge is -2.34. The van der Waals surface area contributed by atoms with Crippen molar-refractivity contribution in [1.82, 2.24) is 25.8 Å². The van der Waals surface area contributed by atoms with Crippen molar-refractivity contribution >= 4 is 11.9 Å². The molecular formula is C21H42N6O. The number of hydrogen-bond donors (Lipinski definition) is 3. The molecule has 162 valence electrons. The summed E-state index contributed by atoms with van der Waals surface area (Å²) in [5, 5.41) is 10.0. The molecule has 1 unspecified atom stereocenters. The van der Waals surface area contributed by atoms with Crippen molar-refractivity contribution in [1.29, 1.82) is 0 Å². The molecule has 3 N–H and O–H groups in total. The lowest BCUT2D eigenvalue weighted by Crippen LogP contribution is -2.50. The number of nitrogens with zero attached hydrogens (tertiary/aromatic N) is 3. The molecule has 2 rings (SSSR count). The summed E-state index contributed by atoms with van der Waals surface area (Å²) in [6.07, 6.45) is 6.99. The molecule has 7 nitrogen and oxygen atoms in total. The molecule has 2 fully saturated rings. The SMILES string of the molecule is CCCNC(=O)CN1CCC(NC(=NCC2CCCCN2CC)NCC)CC1. The third-order valence-corrected chi connectivity index (χ3v) is 5.83. The third kappa shape index (κ3) is 7.95. The summed E-state index contributed by atoms with van der Waals surface area (Å²) in [5.41, 5.74) is 0. The van der Waals surface area contributed by atoms with Crippen molar-refractivity contribution in [2.75, 3.05) is 52.4 Å². The van der Waals surface area contributed by atoms with Gasteiger partial charge in [0.1, 0.15) is 0 Å². The van der Waals surface area contributed by atoms with Crippen LogP contribution in [-0.2, 0) is 4.79 Å². The van der Waals surface area contributed by atoms with E-state index < -0.39 is 0 Å². The van der Waals surface area contributed by atoms with Crippen LogP contribution >= 0.6 is 0 Å². The minimum Gasteiger partial charge on any atom is -0.357 e. The number of likely N-dealkylation sites (tertiary alicyclic amines) is 2. The molecule has 0 radical (unpaired) electrons. The summed E-state index contributed by atoms with van der Waals surface area (Å²) in [6.45, 7) is 13.8. The first-order valence-electron chi connectivity index (χ1n) is 11.4. The molecule has 1 atom stereocenters. The van der Waals surface area contributed by atoms with Gasteiger partial charge in [0.25, 0.3) is 0 Å². The molecule has 2 aliphatic heterocycles. The van der Waals surface area contributed by atoms with Crippen LogP contribution in [0.25, 0.3) is 0 Å². The van der Waals surface area contributed by atoms with E-state index in [1.54, 1.807) is 0 Å². The predicted molar refractivity (Wildman–Crippen MR) is 117 cm³/mol. The molecule has 0 spiro atoms. The van der Waals surface area contributed by atoms with Gasteiger partial charge in [-0.3, -0.25) is 19.6 Å². The molecule has 0 aromatic rings. The van der Waals surface area contributed by atoms with Gasteiger partial charge < -0.3 is 16.0 Å². The number of rotatable bonds is 9. The normalized spacial score (nSPS) is 22.8. The summed E-state index contributed by atoms with van der Waals surface area (Å²) in [6, 6.07) is 1.01. The van der Waals surface area contributed by atoms with Crippen molar-refractivity contribution in [3.05, 3.63) is 0 Å². The molecule has 1 amide bonds. The largest absolute Gasteiger partial charge is 0.357 e. The fourth-order valence-electron chi connectivity index (χ4n) is 4.15. The molecule has 28 heavy (non-hydrogen) atoms. The minimum atomic E-state index is 0.149. The standard InChI is InChI=1S/C21H42N6O/c1-4-12-23-20(28)17-26-14-10-18(11-15-26)25-21(22-5-2)24-16-19-9-7-8-13-27(19)6-3/h18-19H,4-17H2,1-3H3,(H,23,28)(H2,22,24,25). The highest BCUT2D eigenvalue weighted by Gasteiger charge is 2.23. The smallest absolute Gasteiger partial charge is 0.234 e. The Balaban J connectivity index is 1.77. The maximum absolute atomic E-state index is 11.9. The monoisotopic (exact) mass is 394 g/mol. The van der Waals surface area contributed by atoms with Crippen LogP contribution in [0, 0.1) is 0 Å². The number of hydrogen-bond acceptors (Lipinski definition) is 4. The molecule has 0 aliphatic carbocycles. The molecule has 0 aromatic heterocycles. The Hall–Kier alpha value is -1.34. The van der Waals surface area contributed by atoms with E-state index in [1.807, 2.05) is 0 Å². The molecule has 0 saturated carbocycles. The van der Waals surface area contributed by atoms with Gasteiger partial charge in [0.15, 0.2) is 5.96 Å². The van der Waals surface area contributed by atoms with Gasteiger partial charge in [0.2, 0.25) is 5.91 Å². The van der Waals surface area contributed by atoms with Gasteiger partial charge >= 0.3 is 0 Å². The Bertz CT molecular complexity index is 476. The van der Waals surface area contributed by atoms with E-state index in [9.17, 15) is 4.79 Å². The Kier molecular flexibility index (Phi) is 10.6. The summed E-state index contributed by atoms with van der Waals surface area (Å²) in [7, 11) is 0. The Morgan fingerprint density at radius 3 is 2.50 bits per heavy atom. The van der Waals surface area contributed by atoms with E-state index in [-0.39, 0.29) is 5.91 Å². The number of amides is 1. The number of aliphatic imine (C=N–C) groups is 1. The van der Waals surface area contributed by atoms with E-state index in [4.69, 9.17) is 4.99 Å². The van der Waals surface area contributed by atoms with E-state index in [0.29, 0.717) is 18.6 Å². The zero-order chi connectivity index (χ0) is 20.2. The first-order valence-corrected chi connectivity index (χ1v) is 11.4. The summed E-state index contributed by atoms with van der Waals surface area (Å²) >= 11 is 0. The second-order valence-corrected chi connectivity index (χ2v) is 8.04. The van der Waals surface area contributed by atoms with Gasteiger partial charge in [-0.15, -0.1) is 0 Å². The number of carbonyl (C=O) groups is 1. The van der Waals surface area contributed by atoms with Crippen LogP contribution in [0.4, 0.5) is 0 Å². The van der Waals surface area contributed by atoms with Gasteiger partial charge in [-0.05, 0) is 52.1 Å². The lowest BCUT2D eigenvalue weighted by atomic mass is 10.0. The van der Waals surface area contributed by atoms with E-state index in [1.165, 1.54) is 25.8 Å². The van der Waals surface area contributed by atoms with E-state index in [0.717, 1.165) is 64.5 Å². The third-order valence-electron chi connectivity index (χ3n) is 5.83. The van der Waals surface area contributed by atoms with Crippen molar-refractivity contribution < 1.29 is 4.79 Å². The highest BCUT2D eigenvalue weighted by Crippen LogP contribution is 2.16. The summed E-state index contributed by atoms with van der Waals surface area (Å²) in [5.74, 6) is 1.10. The molecule has 2 saturated heterocycles. The molecular weight excluding hydrogens is 352 g/mol. The Labute approximate surface area is 171 Å². The second kappa shape index (κ2) is 13.0. The second-order valence-electron chi connectivity index (χ2n) is 8.04. The first kappa shape index (κ1) is 22.9. The van der Waals surface area contributed by atoms with Crippen molar-refractivity contribution in [2.24, 2.45) is 4.99 Å². The Morgan fingerprint density at radius 2 is 1.82 bits per heavy atom. The predicted octanol–water partition coefficient (Wildman–Crippen LogP) is 1.41. The van der Waals surface area contributed by atoms with Gasteiger partial charge in [-0.1, -0.05) is 20.3 Å². The topological polar surface area (TPSA) is 72.0 Å². The quantitative estimate of drug-likeness (QED) is 0.407. The van der Waals surface area contributed by atoms with Crippen LogP contribution in [0.1, 0.15) is 59.3 Å². The van der Waals surface area contributed by atoms with Crippen LogP contribution < -0.4 is 16.0 Å². The van der Waals surface area contributed by atoms with Gasteiger partial charge in [0, 0.05) is 38.3 Å². The summed E-state index contributed by atoms with van der Waals surface area (Å²) in [4.78, 5) is 21.6. The molecule has 0 bridgehead atoms. The molecule has 2 aliphatic rings. The fourth-order valence-corrected chi connectivity index (χ4v) is 4.15. The first-order chi connectivity index (χ1) is 13.7. The summed E-state index contributed by atoms with van der Waals surface area (Å²) < 4.78 is 0. The number of likely N-dealkylation sites (N-methyl/N-ethyl adjacent to an activating group) is 1. The highest BCUT2D eigenvalue weighted by atomic mass is 16.2. The number of nitrogens with one attached hydrogen (secondary N) is 3. The Morgan fingerprint density at radius 1 is 1.04 bits per heavy atom. The van der Waals surface area contributed by atoms with E-state index in [2.05, 4.69) is 46.5 Å². The van der Waals surface area contributed by atoms with E-state index >= 15 is 0 Å². The van der Waals surface area contributed by atoms with Gasteiger partial charge in [-0.2, -0.15) is 0 Å². The number of guanidine groups is 1. The maximum atomic E-state index is 11.9. The van der Waals surface area contributed by atoms with Crippen molar-refractivity contribution in [2.45, 2.75) is 71.4 Å². The van der Waals surface area contributed by atoms with Gasteiger partial charge in [-0.25, -0.2) is 0 Å². The molecule has 7 heteroatoms. The van der Waals surface area contributed by atoms with Crippen LogP contribution in [-0.4, -0.2) is 86.1 Å². The fraction of sp³-hybridized carbons (Fsp3) is 0.905. The zero-order valence-electron chi connectivity index (χ0n) is 18.3. The van der Waals surface area contributed by atoms with Crippen LogP contribution in [0.5, 0.6) is 0 Å². The highest BCUT2D eigenvalue weighted by molar-refractivity contribution is 5.80. The zero-order valence-corrected chi connectivity index (χ0v) is 18.3. The number of piperidine rings is 2. The average Bonchev–Trinajstić information content (AvgIpc) is 2.72. The van der Waals surface area contributed by atoms with Crippen molar-refractivity contribution in [3.8, 4) is 0 Å². The van der Waals surface area contributed by atoms with Crippen molar-refractivity contribution in [3.63, 3.8) is 0 Å². The molecule has 2 heterocycles. The minimum absolute atomic E-state index is 0.149.